The van der Waals surface area contributed by atoms with Crippen molar-refractivity contribution in [2.45, 2.75) is 58.0 Å². The fraction of sp³-hybridized carbons (Fsp3) is 0.417. The Kier molecular flexibility index (Phi) is 7.28. The molecule has 0 radical (unpaired) electrons. The van der Waals surface area contributed by atoms with Crippen LogP contribution in [-0.2, 0) is 9.53 Å². The second-order valence-corrected chi connectivity index (χ2v) is 7.77. The van der Waals surface area contributed by atoms with Gasteiger partial charge in [0.15, 0.2) is 6.61 Å². The standard InChI is InChI=1S/C24H29NO4/c1-17(2)29-24(27)20-8-12-21(13-9-20)25-23(26)16-28-22-14-10-19(11-15-22)18-6-4-3-5-7-18/h8-15,17-18H,3-7,16H2,1-2H3,(H,25,26). The summed E-state index contributed by atoms with van der Waals surface area (Å²) in [6.07, 6.45) is 6.31. The van der Waals surface area contributed by atoms with Crippen molar-refractivity contribution in [2.24, 2.45) is 0 Å². The van der Waals surface area contributed by atoms with Gasteiger partial charge in [-0.05, 0) is 74.6 Å². The first-order chi connectivity index (χ1) is 14.0. The lowest BCUT2D eigenvalue weighted by Crippen LogP contribution is -2.20. The normalized spacial score (nSPS) is 14.4. The molecule has 0 atom stereocenters. The quantitative estimate of drug-likeness (QED) is 0.645. The average Bonchev–Trinajstić information content (AvgIpc) is 2.73. The third kappa shape index (κ3) is 6.34. The van der Waals surface area contributed by atoms with E-state index in [0.29, 0.717) is 22.9 Å². The predicted octanol–water partition coefficient (Wildman–Crippen LogP) is 5.32. The van der Waals surface area contributed by atoms with Crippen molar-refractivity contribution in [3.05, 3.63) is 59.7 Å². The Bertz CT molecular complexity index is 806. The van der Waals surface area contributed by atoms with Crippen LogP contribution < -0.4 is 10.1 Å². The number of anilines is 1. The summed E-state index contributed by atoms with van der Waals surface area (Å²) in [4.78, 5) is 24.0. The minimum Gasteiger partial charge on any atom is -0.484 e. The van der Waals surface area contributed by atoms with Gasteiger partial charge in [0.05, 0.1) is 11.7 Å². The van der Waals surface area contributed by atoms with E-state index in [2.05, 4.69) is 17.4 Å². The SMILES string of the molecule is CC(C)OC(=O)c1ccc(NC(=O)COc2ccc(C3CCCCC3)cc2)cc1. The Morgan fingerprint density at radius 1 is 0.966 bits per heavy atom. The van der Waals surface area contributed by atoms with Crippen LogP contribution >= 0.6 is 0 Å². The van der Waals surface area contributed by atoms with Crippen LogP contribution in [0.4, 0.5) is 5.69 Å². The lowest BCUT2D eigenvalue weighted by Gasteiger charge is -2.22. The summed E-state index contributed by atoms with van der Waals surface area (Å²) in [6, 6.07) is 14.7. The molecule has 1 aliphatic rings. The number of rotatable bonds is 7. The van der Waals surface area contributed by atoms with Crippen LogP contribution in [0.2, 0.25) is 0 Å². The first-order valence-corrected chi connectivity index (χ1v) is 10.3. The highest BCUT2D eigenvalue weighted by Crippen LogP contribution is 2.33. The molecule has 29 heavy (non-hydrogen) atoms. The Balaban J connectivity index is 1.46. The van der Waals surface area contributed by atoms with Gasteiger partial charge < -0.3 is 14.8 Å². The predicted molar refractivity (Wildman–Crippen MR) is 113 cm³/mol. The van der Waals surface area contributed by atoms with E-state index in [9.17, 15) is 9.59 Å². The molecule has 5 nitrogen and oxygen atoms in total. The third-order valence-electron chi connectivity index (χ3n) is 5.07. The fourth-order valence-electron chi connectivity index (χ4n) is 3.59. The molecule has 0 unspecified atom stereocenters. The van der Waals surface area contributed by atoms with Crippen LogP contribution in [0, 0.1) is 0 Å². The summed E-state index contributed by atoms with van der Waals surface area (Å²) < 4.78 is 10.7. The monoisotopic (exact) mass is 395 g/mol. The molecule has 1 aliphatic carbocycles. The van der Waals surface area contributed by atoms with Gasteiger partial charge in [0.25, 0.3) is 5.91 Å². The molecule has 2 aromatic rings. The lowest BCUT2D eigenvalue weighted by atomic mass is 9.84. The smallest absolute Gasteiger partial charge is 0.338 e. The molecule has 0 aromatic heterocycles. The summed E-state index contributed by atoms with van der Waals surface area (Å²) in [5.41, 5.74) is 2.41. The zero-order chi connectivity index (χ0) is 20.6. The molecule has 0 bridgehead atoms. The van der Waals surface area contributed by atoms with Crippen LogP contribution in [0.5, 0.6) is 5.75 Å². The van der Waals surface area contributed by atoms with Crippen molar-refractivity contribution in [1.82, 2.24) is 0 Å². The number of hydrogen-bond acceptors (Lipinski definition) is 4. The van der Waals surface area contributed by atoms with Gasteiger partial charge in [-0.1, -0.05) is 31.4 Å². The van der Waals surface area contributed by atoms with Crippen molar-refractivity contribution < 1.29 is 19.1 Å². The van der Waals surface area contributed by atoms with Gasteiger partial charge in [0, 0.05) is 5.69 Å². The van der Waals surface area contributed by atoms with E-state index < -0.39 is 0 Å². The molecule has 1 amide bonds. The second kappa shape index (κ2) is 10.1. The Hall–Kier alpha value is -2.82. The van der Waals surface area contributed by atoms with Crippen molar-refractivity contribution in [1.29, 1.82) is 0 Å². The van der Waals surface area contributed by atoms with E-state index in [1.54, 1.807) is 38.1 Å². The number of carbonyl (C=O) groups is 2. The Morgan fingerprint density at radius 2 is 1.62 bits per heavy atom. The minimum atomic E-state index is -0.377. The molecule has 2 aromatic carbocycles. The number of nitrogens with one attached hydrogen (secondary N) is 1. The van der Waals surface area contributed by atoms with Gasteiger partial charge in [-0.25, -0.2) is 4.79 Å². The van der Waals surface area contributed by atoms with Crippen LogP contribution in [0.15, 0.2) is 48.5 Å². The number of carbonyl (C=O) groups excluding carboxylic acids is 2. The van der Waals surface area contributed by atoms with Gasteiger partial charge in [-0.15, -0.1) is 0 Å². The van der Waals surface area contributed by atoms with E-state index in [4.69, 9.17) is 9.47 Å². The number of ether oxygens (including phenoxy) is 2. The first kappa shape index (κ1) is 20.9. The van der Waals surface area contributed by atoms with Crippen LogP contribution in [0.3, 0.4) is 0 Å². The Labute approximate surface area is 172 Å². The fourth-order valence-corrected chi connectivity index (χ4v) is 3.59. The highest BCUT2D eigenvalue weighted by molar-refractivity contribution is 5.93. The molecular formula is C24H29NO4. The van der Waals surface area contributed by atoms with Gasteiger partial charge in [0.2, 0.25) is 0 Å². The van der Waals surface area contributed by atoms with Crippen molar-refractivity contribution in [3.8, 4) is 5.75 Å². The van der Waals surface area contributed by atoms with Gasteiger partial charge in [-0.3, -0.25) is 4.79 Å². The molecule has 0 aliphatic heterocycles. The molecule has 0 heterocycles. The molecule has 3 rings (SSSR count). The molecule has 0 saturated heterocycles. The number of hydrogen-bond donors (Lipinski definition) is 1. The zero-order valence-electron chi connectivity index (χ0n) is 17.1. The highest BCUT2D eigenvalue weighted by atomic mass is 16.5. The molecule has 0 spiro atoms. The minimum absolute atomic E-state index is 0.0695. The lowest BCUT2D eigenvalue weighted by molar-refractivity contribution is -0.118. The van der Waals surface area contributed by atoms with Crippen molar-refractivity contribution in [2.75, 3.05) is 11.9 Å². The zero-order valence-corrected chi connectivity index (χ0v) is 17.1. The number of benzene rings is 2. The Morgan fingerprint density at radius 3 is 2.24 bits per heavy atom. The number of amides is 1. The molecule has 1 N–H and O–H groups in total. The van der Waals surface area contributed by atoms with Gasteiger partial charge in [0.1, 0.15) is 5.75 Å². The second-order valence-electron chi connectivity index (χ2n) is 7.77. The van der Waals surface area contributed by atoms with E-state index in [1.807, 2.05) is 12.1 Å². The van der Waals surface area contributed by atoms with E-state index >= 15 is 0 Å². The molecule has 154 valence electrons. The topological polar surface area (TPSA) is 64.6 Å². The maximum atomic E-state index is 12.1. The third-order valence-corrected chi connectivity index (χ3v) is 5.07. The van der Waals surface area contributed by atoms with Gasteiger partial charge >= 0.3 is 5.97 Å². The maximum Gasteiger partial charge on any atom is 0.338 e. The van der Waals surface area contributed by atoms with E-state index in [0.717, 1.165) is 0 Å². The summed E-state index contributed by atoms with van der Waals surface area (Å²) in [5, 5.41) is 2.77. The number of esters is 1. The van der Waals surface area contributed by atoms with E-state index in [1.165, 1.54) is 37.7 Å². The molecule has 1 saturated carbocycles. The first-order valence-electron chi connectivity index (χ1n) is 10.3. The van der Waals surface area contributed by atoms with Crippen LogP contribution in [0.1, 0.15) is 67.8 Å². The summed E-state index contributed by atoms with van der Waals surface area (Å²) in [5.74, 6) is 0.713. The van der Waals surface area contributed by atoms with Gasteiger partial charge in [-0.2, -0.15) is 0 Å². The van der Waals surface area contributed by atoms with Crippen molar-refractivity contribution in [3.63, 3.8) is 0 Å². The highest BCUT2D eigenvalue weighted by Gasteiger charge is 2.15. The van der Waals surface area contributed by atoms with Crippen LogP contribution in [0.25, 0.3) is 0 Å². The van der Waals surface area contributed by atoms with E-state index in [-0.39, 0.29) is 24.6 Å². The summed E-state index contributed by atoms with van der Waals surface area (Å²) in [6.45, 7) is 3.53. The molecule has 5 heteroatoms. The maximum absolute atomic E-state index is 12.1. The molecular weight excluding hydrogens is 366 g/mol. The summed E-state index contributed by atoms with van der Waals surface area (Å²) in [7, 11) is 0. The van der Waals surface area contributed by atoms with Crippen LogP contribution in [-0.4, -0.2) is 24.6 Å². The molecule has 1 fully saturated rings. The average molecular weight is 395 g/mol. The van der Waals surface area contributed by atoms with Crippen molar-refractivity contribution >= 4 is 17.6 Å². The largest absolute Gasteiger partial charge is 0.484 e. The summed E-state index contributed by atoms with van der Waals surface area (Å²) >= 11 is 0.